The highest BCUT2D eigenvalue weighted by molar-refractivity contribution is 5.77. The number of aromatic nitrogens is 2. The van der Waals surface area contributed by atoms with E-state index in [9.17, 15) is 4.79 Å². The molecule has 2 rings (SSSR count). The number of rotatable bonds is 7. The molecule has 1 aromatic rings. The first-order chi connectivity index (χ1) is 10.2. The van der Waals surface area contributed by atoms with Gasteiger partial charge in [-0.3, -0.25) is 4.79 Å². The minimum atomic E-state index is -0.146. The quantitative estimate of drug-likeness (QED) is 0.775. The van der Waals surface area contributed by atoms with Crippen LogP contribution in [0.25, 0.3) is 0 Å². The molecule has 0 bridgehead atoms. The van der Waals surface area contributed by atoms with Gasteiger partial charge in [0.25, 0.3) is 5.89 Å². The molecule has 21 heavy (non-hydrogen) atoms. The van der Waals surface area contributed by atoms with Gasteiger partial charge in [-0.15, -0.1) is 0 Å². The summed E-state index contributed by atoms with van der Waals surface area (Å²) < 4.78 is 10.2. The van der Waals surface area contributed by atoms with Crippen LogP contribution < -0.4 is 11.1 Å². The van der Waals surface area contributed by atoms with Crippen LogP contribution in [0.5, 0.6) is 0 Å². The molecule has 7 heteroatoms. The number of hydrogen-bond donors (Lipinski definition) is 2. The number of aryl methyl sites for hydroxylation is 1. The zero-order valence-electron chi connectivity index (χ0n) is 12.5. The Hall–Kier alpha value is -1.47. The Morgan fingerprint density at radius 2 is 2.24 bits per heavy atom. The molecule has 1 heterocycles. The summed E-state index contributed by atoms with van der Waals surface area (Å²) in [6, 6.07) is 0.0482. The van der Waals surface area contributed by atoms with Gasteiger partial charge in [-0.05, 0) is 25.7 Å². The van der Waals surface area contributed by atoms with Crippen LogP contribution in [-0.4, -0.2) is 35.2 Å². The van der Waals surface area contributed by atoms with E-state index in [-0.39, 0.29) is 25.2 Å². The van der Waals surface area contributed by atoms with Crippen molar-refractivity contribution in [2.45, 2.75) is 51.7 Å². The molecule has 1 atom stereocenters. The summed E-state index contributed by atoms with van der Waals surface area (Å²) in [4.78, 5) is 15.9. The second kappa shape index (κ2) is 8.09. The van der Waals surface area contributed by atoms with Gasteiger partial charge in [0.2, 0.25) is 5.91 Å². The number of hydrogen-bond acceptors (Lipinski definition) is 6. The van der Waals surface area contributed by atoms with E-state index < -0.39 is 0 Å². The van der Waals surface area contributed by atoms with E-state index in [0.29, 0.717) is 24.2 Å². The molecule has 0 spiro atoms. The van der Waals surface area contributed by atoms with Gasteiger partial charge >= 0.3 is 0 Å². The van der Waals surface area contributed by atoms with Crippen LogP contribution in [0.3, 0.4) is 0 Å². The van der Waals surface area contributed by atoms with Crippen LogP contribution in [0.15, 0.2) is 4.52 Å². The van der Waals surface area contributed by atoms with Crippen LogP contribution in [0.4, 0.5) is 0 Å². The first kappa shape index (κ1) is 15.9. The summed E-state index contributed by atoms with van der Waals surface area (Å²) in [5, 5.41) is 6.63. The molecule has 118 valence electrons. The lowest BCUT2D eigenvalue weighted by Crippen LogP contribution is -2.47. The van der Waals surface area contributed by atoms with Gasteiger partial charge < -0.3 is 20.3 Å². The fourth-order valence-electron chi connectivity index (χ4n) is 2.78. The van der Waals surface area contributed by atoms with Crippen LogP contribution in [0, 0.1) is 12.8 Å². The van der Waals surface area contributed by atoms with E-state index in [2.05, 4.69) is 15.5 Å². The summed E-state index contributed by atoms with van der Waals surface area (Å²) in [5.74, 6) is 1.28. The smallest absolute Gasteiger partial charge is 0.252 e. The molecule has 0 aliphatic heterocycles. The molecular weight excluding hydrogens is 272 g/mol. The van der Waals surface area contributed by atoms with Crippen molar-refractivity contribution in [3.8, 4) is 0 Å². The van der Waals surface area contributed by atoms with E-state index in [1.165, 1.54) is 19.3 Å². The normalized spacial score (nSPS) is 17.6. The van der Waals surface area contributed by atoms with E-state index in [1.54, 1.807) is 6.92 Å². The largest absolute Gasteiger partial charge is 0.362 e. The van der Waals surface area contributed by atoms with E-state index in [4.69, 9.17) is 15.0 Å². The molecule has 1 unspecified atom stereocenters. The number of carbonyl (C=O) groups excluding carboxylic acids is 1. The maximum Gasteiger partial charge on any atom is 0.252 e. The minimum Gasteiger partial charge on any atom is -0.362 e. The molecule has 0 radical (unpaired) electrons. The lowest BCUT2D eigenvalue weighted by molar-refractivity contribution is -0.127. The van der Waals surface area contributed by atoms with Crippen molar-refractivity contribution in [2.75, 3.05) is 13.2 Å². The summed E-state index contributed by atoms with van der Waals surface area (Å²) in [7, 11) is 0. The lowest BCUT2D eigenvalue weighted by Gasteiger charge is -2.30. The fraction of sp³-hybridized carbons (Fsp3) is 0.786. The minimum absolute atomic E-state index is 0.0232. The van der Waals surface area contributed by atoms with Crippen molar-refractivity contribution in [2.24, 2.45) is 11.7 Å². The molecule has 1 aliphatic carbocycles. The highest BCUT2D eigenvalue weighted by atomic mass is 16.5. The Kier molecular flexibility index (Phi) is 6.13. The molecule has 1 amide bonds. The average Bonchev–Trinajstić information content (AvgIpc) is 2.91. The van der Waals surface area contributed by atoms with Crippen molar-refractivity contribution in [3.05, 3.63) is 11.7 Å². The SMILES string of the molecule is Cc1noc(COCC(=O)NC(CN)C2CCCCC2)n1. The summed E-state index contributed by atoms with van der Waals surface area (Å²) >= 11 is 0. The molecule has 1 fully saturated rings. The van der Waals surface area contributed by atoms with Gasteiger partial charge in [0, 0.05) is 12.6 Å². The highest BCUT2D eigenvalue weighted by Crippen LogP contribution is 2.26. The molecule has 1 saturated carbocycles. The number of ether oxygens (including phenoxy) is 1. The molecule has 1 aromatic heterocycles. The van der Waals surface area contributed by atoms with Gasteiger partial charge in [-0.25, -0.2) is 0 Å². The van der Waals surface area contributed by atoms with Gasteiger partial charge in [0.1, 0.15) is 13.2 Å². The van der Waals surface area contributed by atoms with Crippen molar-refractivity contribution >= 4 is 5.91 Å². The van der Waals surface area contributed by atoms with Crippen LogP contribution in [0.2, 0.25) is 0 Å². The topological polar surface area (TPSA) is 103 Å². The molecule has 1 aliphatic rings. The summed E-state index contributed by atoms with van der Waals surface area (Å²) in [5.41, 5.74) is 5.79. The van der Waals surface area contributed by atoms with Gasteiger partial charge in [-0.2, -0.15) is 4.98 Å². The zero-order chi connectivity index (χ0) is 15.1. The first-order valence-electron chi connectivity index (χ1n) is 7.55. The number of nitrogens with one attached hydrogen (secondary N) is 1. The Bertz CT molecular complexity index is 443. The Morgan fingerprint density at radius 1 is 1.48 bits per heavy atom. The second-order valence-electron chi connectivity index (χ2n) is 5.54. The van der Waals surface area contributed by atoms with Crippen molar-refractivity contribution < 1.29 is 14.1 Å². The third-order valence-electron chi connectivity index (χ3n) is 3.85. The third-order valence-corrected chi connectivity index (χ3v) is 3.85. The van der Waals surface area contributed by atoms with E-state index in [1.807, 2.05) is 0 Å². The Labute approximate surface area is 124 Å². The molecular formula is C14H24N4O3. The molecule has 7 nitrogen and oxygen atoms in total. The Morgan fingerprint density at radius 3 is 2.86 bits per heavy atom. The predicted octanol–water partition coefficient (Wildman–Crippen LogP) is 0.918. The standard InChI is InChI=1S/C14H24N4O3/c1-10-16-14(21-18-10)9-20-8-13(19)17-12(7-15)11-5-3-2-4-6-11/h11-12H,2-9,15H2,1H3,(H,17,19). The van der Waals surface area contributed by atoms with Crippen molar-refractivity contribution in [1.82, 2.24) is 15.5 Å². The molecule has 0 aromatic carbocycles. The van der Waals surface area contributed by atoms with Crippen molar-refractivity contribution in [1.29, 1.82) is 0 Å². The van der Waals surface area contributed by atoms with Gasteiger partial charge in [-0.1, -0.05) is 24.4 Å². The first-order valence-corrected chi connectivity index (χ1v) is 7.55. The Balaban J connectivity index is 1.69. The number of carbonyl (C=O) groups is 1. The highest BCUT2D eigenvalue weighted by Gasteiger charge is 2.23. The maximum atomic E-state index is 11.9. The van der Waals surface area contributed by atoms with Crippen LogP contribution in [0.1, 0.15) is 43.8 Å². The van der Waals surface area contributed by atoms with Crippen LogP contribution >= 0.6 is 0 Å². The van der Waals surface area contributed by atoms with Gasteiger partial charge in [0.15, 0.2) is 5.82 Å². The maximum absolute atomic E-state index is 11.9. The monoisotopic (exact) mass is 296 g/mol. The number of amides is 1. The summed E-state index contributed by atoms with van der Waals surface area (Å²) in [6.45, 7) is 2.32. The number of nitrogens with zero attached hydrogens (tertiary/aromatic N) is 2. The zero-order valence-corrected chi connectivity index (χ0v) is 12.5. The second-order valence-corrected chi connectivity index (χ2v) is 5.54. The van der Waals surface area contributed by atoms with Crippen LogP contribution in [-0.2, 0) is 16.1 Å². The molecule has 3 N–H and O–H groups in total. The summed E-state index contributed by atoms with van der Waals surface area (Å²) in [6.07, 6.45) is 6.02. The predicted molar refractivity (Wildman–Crippen MR) is 76.3 cm³/mol. The van der Waals surface area contributed by atoms with E-state index >= 15 is 0 Å². The van der Waals surface area contributed by atoms with Crippen molar-refractivity contribution in [3.63, 3.8) is 0 Å². The lowest BCUT2D eigenvalue weighted by atomic mass is 9.84. The molecule has 0 saturated heterocycles. The number of nitrogens with two attached hydrogens (primary N) is 1. The van der Waals surface area contributed by atoms with Gasteiger partial charge in [0.05, 0.1) is 0 Å². The third kappa shape index (κ3) is 5.09. The fourth-order valence-corrected chi connectivity index (χ4v) is 2.78. The average molecular weight is 296 g/mol. The van der Waals surface area contributed by atoms with E-state index in [0.717, 1.165) is 12.8 Å².